The summed E-state index contributed by atoms with van der Waals surface area (Å²) in [4.78, 5) is 11.0. The number of hydrogen-bond donors (Lipinski definition) is 0. The number of unbranched alkanes of at least 4 members (excludes halogenated alkanes) is 7. The van der Waals surface area contributed by atoms with Crippen LogP contribution in [0.5, 0.6) is 0 Å². The van der Waals surface area contributed by atoms with Crippen LogP contribution in [0.1, 0.15) is 225 Å². The van der Waals surface area contributed by atoms with Crippen LogP contribution in [-0.4, -0.2) is 51.2 Å². The molecule has 0 aliphatic rings. The minimum atomic E-state index is -0.0545. The molecule has 0 saturated heterocycles. The van der Waals surface area contributed by atoms with E-state index < -0.39 is 0 Å². The van der Waals surface area contributed by atoms with Crippen LogP contribution in [0.15, 0.2) is 0 Å². The Morgan fingerprint density at radius 3 is 1.19 bits per heavy atom. The summed E-state index contributed by atoms with van der Waals surface area (Å²) in [7, 11) is 0. The van der Waals surface area contributed by atoms with Crippen LogP contribution in [0.3, 0.4) is 0 Å². The van der Waals surface area contributed by atoms with Crippen LogP contribution < -0.4 is 0 Å². The van der Waals surface area contributed by atoms with Crippen LogP contribution in [0, 0.1) is 5.92 Å². The van der Waals surface area contributed by atoms with Crippen molar-refractivity contribution in [3.63, 3.8) is 0 Å². The number of carbonyl (C=O) groups excluding carboxylic acids is 1. The van der Waals surface area contributed by atoms with E-state index in [-0.39, 0.29) is 71.5 Å². The van der Waals surface area contributed by atoms with Gasteiger partial charge in [-0.1, -0.05) is 160 Å². The van der Waals surface area contributed by atoms with Crippen LogP contribution in [0.2, 0.25) is 0 Å². The van der Waals surface area contributed by atoms with Gasteiger partial charge in [-0.25, -0.2) is 0 Å². The van der Waals surface area contributed by atoms with E-state index in [1.165, 1.54) is 51.4 Å². The summed E-state index contributed by atoms with van der Waals surface area (Å²) in [5, 5.41) is 0. The molecule has 0 N–H and O–H groups in total. The molecule has 0 aromatic heterocycles. The number of esters is 1. The van der Waals surface area contributed by atoms with Crippen molar-refractivity contribution in [1.29, 1.82) is 0 Å². The van der Waals surface area contributed by atoms with E-state index in [9.17, 15) is 4.79 Å². The van der Waals surface area contributed by atoms with Crippen molar-refractivity contribution >= 4 is 5.97 Å². The summed E-state index contributed by atoms with van der Waals surface area (Å²) in [6, 6.07) is 0. The summed E-state index contributed by atoms with van der Waals surface area (Å²) in [5.74, 6) is 0.611. The quantitative estimate of drug-likeness (QED) is 0.0836. The van der Waals surface area contributed by atoms with Crippen molar-refractivity contribution in [2.24, 2.45) is 5.92 Å². The van der Waals surface area contributed by atoms with E-state index in [4.69, 9.17) is 18.9 Å². The molecule has 0 spiro atoms. The zero-order chi connectivity index (χ0) is 30.6. The Hall–Kier alpha value is -0.650. The first-order valence-electron chi connectivity index (χ1n) is 16.6. The van der Waals surface area contributed by atoms with Gasteiger partial charge in [-0.3, -0.25) is 4.79 Å². The highest BCUT2D eigenvalue weighted by Crippen LogP contribution is 2.04. The Balaban J connectivity index is -0.0000000333. The second kappa shape index (κ2) is 75.6. The predicted octanol–water partition coefficient (Wildman–Crippen LogP) is 15.7. The van der Waals surface area contributed by atoms with Crippen molar-refractivity contribution in [2.45, 2.75) is 238 Å². The lowest BCUT2D eigenvalue weighted by molar-refractivity contribution is -0.147. The Morgan fingerprint density at radius 1 is 0.489 bits per heavy atom. The molecule has 0 amide bonds. The van der Waals surface area contributed by atoms with E-state index in [0.717, 1.165) is 65.1 Å². The molecular formula is C42H106O5. The van der Waals surface area contributed by atoms with E-state index in [0.29, 0.717) is 18.4 Å². The molecule has 5 nitrogen and oxygen atoms in total. The smallest absolute Gasteiger partial charge is 0.306 e. The monoisotopic (exact) mass is 691 g/mol. The lowest BCUT2D eigenvalue weighted by Crippen LogP contribution is -2.10. The van der Waals surface area contributed by atoms with Gasteiger partial charge in [0.05, 0.1) is 12.2 Å². The maximum Gasteiger partial charge on any atom is 0.306 e. The fourth-order valence-electron chi connectivity index (χ4n) is 2.89. The first kappa shape index (κ1) is 80.8. The number of hydrogen-bond acceptors (Lipinski definition) is 5. The van der Waals surface area contributed by atoms with Gasteiger partial charge < -0.3 is 18.9 Å². The Kier molecular flexibility index (Phi) is 130. The number of rotatable bonds is 22. The molecule has 304 valence electrons. The van der Waals surface area contributed by atoms with Crippen molar-refractivity contribution in [3.8, 4) is 0 Å². The first-order chi connectivity index (χ1) is 18.7. The molecule has 47 heavy (non-hydrogen) atoms. The maximum absolute atomic E-state index is 11.0. The van der Waals surface area contributed by atoms with Crippen LogP contribution >= 0.6 is 0 Å². The normalized spacial score (nSPS) is 9.21. The van der Waals surface area contributed by atoms with Crippen LogP contribution in [0.25, 0.3) is 0 Å². The third-order valence-electron chi connectivity index (χ3n) is 5.37. The largest absolute Gasteiger partial charge is 0.463 e. The standard InChI is InChI=1S/C10H20O2.C10H22O.C8H18O.C6H14O.8CH4/c1-4-5-6-7-8-10(11)12-9(2)3;1-3-5-7-9-11-10-8-6-4-2;1-5-8(4)9-6-7(2)3;1-3-5-7-6-4-2;;;;;;;;/h9H,4-8H2,1-3H3;3-10H2,1-2H3;7-8H,5-6H2,1-4H3;3-6H2,1-2H3;8*1H4. The van der Waals surface area contributed by atoms with E-state index in [2.05, 4.69) is 62.3 Å². The third-order valence-corrected chi connectivity index (χ3v) is 5.37. The van der Waals surface area contributed by atoms with Gasteiger partial charge in [-0.2, -0.15) is 0 Å². The summed E-state index contributed by atoms with van der Waals surface area (Å²) in [6.07, 6.45) is 16.7. The van der Waals surface area contributed by atoms with Gasteiger partial charge in [0.15, 0.2) is 0 Å². The SMILES string of the molecule is C.C.C.C.C.C.C.C.CCC(C)OCC(C)C.CCCCCCC(=O)OC(C)C.CCCCCOCCCCC.CCCOCCC. The highest BCUT2D eigenvalue weighted by atomic mass is 16.5. The summed E-state index contributed by atoms with van der Waals surface area (Å²) < 4.78 is 21.0. The van der Waals surface area contributed by atoms with E-state index in [1.54, 1.807) is 0 Å². The molecule has 1 atom stereocenters. The zero-order valence-corrected chi connectivity index (χ0v) is 28.7. The Morgan fingerprint density at radius 2 is 0.872 bits per heavy atom. The fraction of sp³-hybridized carbons (Fsp3) is 0.976. The molecule has 0 heterocycles. The first-order valence-corrected chi connectivity index (χ1v) is 16.6. The second-order valence-electron chi connectivity index (χ2n) is 10.9. The van der Waals surface area contributed by atoms with Crippen LogP contribution in [-0.2, 0) is 23.7 Å². The van der Waals surface area contributed by atoms with Gasteiger partial charge in [-0.05, 0) is 65.2 Å². The lowest BCUT2D eigenvalue weighted by Gasteiger charge is -2.11. The lowest BCUT2D eigenvalue weighted by atomic mass is 10.1. The zero-order valence-electron chi connectivity index (χ0n) is 28.7. The van der Waals surface area contributed by atoms with Crippen molar-refractivity contribution in [3.05, 3.63) is 0 Å². The molecule has 1 unspecified atom stereocenters. The molecular weight excluding hydrogens is 584 g/mol. The van der Waals surface area contributed by atoms with Gasteiger partial charge in [-0.15, -0.1) is 0 Å². The summed E-state index contributed by atoms with van der Waals surface area (Å²) >= 11 is 0. The molecule has 0 saturated carbocycles. The van der Waals surface area contributed by atoms with Gasteiger partial charge >= 0.3 is 5.97 Å². The van der Waals surface area contributed by atoms with Crippen molar-refractivity contribution < 1.29 is 23.7 Å². The minimum absolute atomic E-state index is 0. The topological polar surface area (TPSA) is 54.0 Å². The molecule has 0 aliphatic heterocycles. The highest BCUT2D eigenvalue weighted by molar-refractivity contribution is 5.69. The van der Waals surface area contributed by atoms with Crippen LogP contribution in [0.4, 0.5) is 0 Å². The van der Waals surface area contributed by atoms with Gasteiger partial charge in [0, 0.05) is 39.5 Å². The molecule has 0 aromatic carbocycles. The van der Waals surface area contributed by atoms with Gasteiger partial charge in [0.2, 0.25) is 0 Å². The van der Waals surface area contributed by atoms with Gasteiger partial charge in [0.25, 0.3) is 0 Å². The van der Waals surface area contributed by atoms with Crippen molar-refractivity contribution in [2.75, 3.05) is 33.0 Å². The van der Waals surface area contributed by atoms with E-state index >= 15 is 0 Å². The molecule has 0 bridgehead atoms. The fourth-order valence-corrected chi connectivity index (χ4v) is 2.89. The molecule has 0 aromatic rings. The molecule has 0 fully saturated rings. The Labute approximate surface area is 305 Å². The maximum atomic E-state index is 11.0. The Bertz CT molecular complexity index is 402. The summed E-state index contributed by atoms with van der Waals surface area (Å²) in [6.45, 7) is 27.9. The predicted molar refractivity (Wildman–Crippen MR) is 226 cm³/mol. The average molecular weight is 691 g/mol. The summed E-state index contributed by atoms with van der Waals surface area (Å²) in [5.41, 5.74) is 0. The molecule has 0 aliphatic carbocycles. The molecule has 0 radical (unpaired) electrons. The third kappa shape index (κ3) is 106. The number of carbonyl (C=O) groups is 1. The number of ether oxygens (including phenoxy) is 4. The molecule has 5 heteroatoms. The van der Waals surface area contributed by atoms with Gasteiger partial charge in [0.1, 0.15) is 0 Å². The average Bonchev–Trinajstić information content (AvgIpc) is 2.90. The van der Waals surface area contributed by atoms with E-state index in [1.807, 2.05) is 13.8 Å². The highest BCUT2D eigenvalue weighted by Gasteiger charge is 2.03. The molecule has 0 rings (SSSR count). The second-order valence-corrected chi connectivity index (χ2v) is 10.9. The minimum Gasteiger partial charge on any atom is -0.463 e. The van der Waals surface area contributed by atoms with Crippen molar-refractivity contribution in [1.82, 2.24) is 0 Å².